The zero-order valence-electron chi connectivity index (χ0n) is 12.8. The first-order valence-electron chi connectivity index (χ1n) is 7.03. The van der Waals surface area contributed by atoms with Crippen LogP contribution in [0, 0.1) is 22.0 Å². The lowest BCUT2D eigenvalue weighted by molar-refractivity contribution is -0.385. The molecule has 0 spiro atoms. The van der Waals surface area contributed by atoms with Gasteiger partial charge in [0.15, 0.2) is 0 Å². The molecule has 0 aliphatic rings. The van der Waals surface area contributed by atoms with Crippen molar-refractivity contribution in [2.75, 3.05) is 13.2 Å². The lowest BCUT2D eigenvalue weighted by Gasteiger charge is -2.03. The Morgan fingerprint density at radius 2 is 2.08 bits per heavy atom. The monoisotopic (exact) mass is 422 g/mol. The van der Waals surface area contributed by atoms with Crippen LogP contribution in [0.5, 0.6) is 5.75 Å². The number of nitro benzene ring substituents is 1. The summed E-state index contributed by atoms with van der Waals surface area (Å²) in [5.41, 5.74) is -0.419. The summed E-state index contributed by atoms with van der Waals surface area (Å²) in [6, 6.07) is 11.1. The third-order valence-electron chi connectivity index (χ3n) is 2.97. The van der Waals surface area contributed by atoms with E-state index in [-0.39, 0.29) is 29.4 Å². The summed E-state index contributed by atoms with van der Waals surface area (Å²) in [6.07, 6.45) is 0. The lowest BCUT2D eigenvalue weighted by atomic mass is 10.1. The highest BCUT2D eigenvalue weighted by Crippen LogP contribution is 2.22. The summed E-state index contributed by atoms with van der Waals surface area (Å²) in [7, 11) is 0. The van der Waals surface area contributed by atoms with E-state index in [1.807, 2.05) is 18.2 Å². The topological polar surface area (TPSA) is 81.5 Å². The molecule has 0 aliphatic carbocycles. The number of nitrogens with zero attached hydrogens (tertiary/aromatic N) is 1. The number of carbonyl (C=O) groups is 1. The first-order valence-corrected chi connectivity index (χ1v) is 8.20. The summed E-state index contributed by atoms with van der Waals surface area (Å²) in [5.74, 6) is 5.51. The fraction of sp³-hybridized carbons (Fsp3) is 0.118. The molecule has 25 heavy (non-hydrogen) atoms. The van der Waals surface area contributed by atoms with Crippen LogP contribution in [0.15, 0.2) is 46.9 Å². The average Bonchev–Trinajstić information content (AvgIpc) is 2.57. The highest BCUT2D eigenvalue weighted by Gasteiger charge is 2.19. The molecule has 128 valence electrons. The molecule has 0 radical (unpaired) electrons. The molecule has 0 heterocycles. The molecule has 0 aliphatic heterocycles. The molecule has 0 fully saturated rings. The van der Waals surface area contributed by atoms with Crippen molar-refractivity contribution in [1.29, 1.82) is 0 Å². The SMILES string of the molecule is O=C(NCC#CCOc1cccc(Br)c1)c1cc(Cl)ccc1[N+](=O)[O-]. The minimum atomic E-state index is -0.636. The molecular weight excluding hydrogens is 412 g/mol. The second kappa shape index (κ2) is 9.06. The van der Waals surface area contributed by atoms with Crippen molar-refractivity contribution < 1.29 is 14.5 Å². The zero-order valence-corrected chi connectivity index (χ0v) is 15.1. The van der Waals surface area contributed by atoms with Crippen LogP contribution in [0.4, 0.5) is 5.69 Å². The van der Waals surface area contributed by atoms with Crippen molar-refractivity contribution in [1.82, 2.24) is 5.32 Å². The molecule has 2 aromatic carbocycles. The number of hydrogen-bond acceptors (Lipinski definition) is 4. The van der Waals surface area contributed by atoms with Crippen molar-refractivity contribution in [3.05, 3.63) is 67.6 Å². The maximum Gasteiger partial charge on any atom is 0.282 e. The molecule has 8 heteroatoms. The van der Waals surface area contributed by atoms with Crippen LogP contribution in [0.3, 0.4) is 0 Å². The third-order valence-corrected chi connectivity index (χ3v) is 3.70. The van der Waals surface area contributed by atoms with E-state index in [9.17, 15) is 14.9 Å². The van der Waals surface area contributed by atoms with Crippen molar-refractivity contribution in [2.24, 2.45) is 0 Å². The summed E-state index contributed by atoms with van der Waals surface area (Å²) >= 11 is 9.12. The van der Waals surface area contributed by atoms with Crippen LogP contribution >= 0.6 is 27.5 Å². The van der Waals surface area contributed by atoms with E-state index in [1.54, 1.807) is 6.07 Å². The molecular formula is C17H12BrClN2O4. The van der Waals surface area contributed by atoms with Gasteiger partial charge in [-0.05, 0) is 30.3 Å². The molecule has 2 aromatic rings. The Bertz CT molecular complexity index is 861. The Morgan fingerprint density at radius 3 is 2.80 bits per heavy atom. The molecule has 0 atom stereocenters. The number of halogens is 2. The first-order chi connectivity index (χ1) is 12.0. The minimum absolute atomic E-state index is 0.0321. The standard InChI is InChI=1S/C17H12BrClN2O4/c18-12-4-3-5-14(10-12)25-9-2-1-8-20-17(22)15-11-13(19)6-7-16(15)21(23)24/h3-7,10-11H,8-9H2,(H,20,22). The van der Waals surface area contributed by atoms with Gasteiger partial charge in [0.1, 0.15) is 17.9 Å². The van der Waals surface area contributed by atoms with Crippen LogP contribution in [-0.4, -0.2) is 24.0 Å². The molecule has 6 nitrogen and oxygen atoms in total. The van der Waals surface area contributed by atoms with E-state index in [4.69, 9.17) is 16.3 Å². The van der Waals surface area contributed by atoms with Gasteiger partial charge in [0.25, 0.3) is 11.6 Å². The Hall–Kier alpha value is -2.56. The Labute approximate surface area is 157 Å². The lowest BCUT2D eigenvalue weighted by Crippen LogP contribution is -2.24. The van der Waals surface area contributed by atoms with Gasteiger partial charge >= 0.3 is 0 Å². The number of hydrogen-bond donors (Lipinski definition) is 1. The van der Waals surface area contributed by atoms with E-state index in [0.717, 1.165) is 4.47 Å². The first kappa shape index (κ1) is 18.8. The number of nitro groups is 1. The van der Waals surface area contributed by atoms with Gasteiger partial charge in [-0.2, -0.15) is 0 Å². The van der Waals surface area contributed by atoms with Gasteiger partial charge in [0, 0.05) is 15.6 Å². The van der Waals surface area contributed by atoms with Crippen molar-refractivity contribution in [3.8, 4) is 17.6 Å². The van der Waals surface area contributed by atoms with Gasteiger partial charge in [0.05, 0.1) is 11.5 Å². The number of rotatable bonds is 5. The molecule has 0 unspecified atom stereocenters. The zero-order chi connectivity index (χ0) is 18.2. The molecule has 1 amide bonds. The van der Waals surface area contributed by atoms with Crippen LogP contribution in [0.1, 0.15) is 10.4 Å². The molecule has 0 saturated heterocycles. The highest BCUT2D eigenvalue weighted by atomic mass is 79.9. The van der Waals surface area contributed by atoms with Gasteiger partial charge in [-0.15, -0.1) is 0 Å². The van der Waals surface area contributed by atoms with E-state index in [2.05, 4.69) is 33.1 Å². The predicted molar refractivity (Wildman–Crippen MR) is 97.9 cm³/mol. The van der Waals surface area contributed by atoms with Gasteiger partial charge in [-0.1, -0.05) is 45.4 Å². The minimum Gasteiger partial charge on any atom is -0.481 e. The Morgan fingerprint density at radius 1 is 1.28 bits per heavy atom. The third kappa shape index (κ3) is 5.78. The maximum absolute atomic E-state index is 12.0. The van der Waals surface area contributed by atoms with E-state index < -0.39 is 10.8 Å². The van der Waals surface area contributed by atoms with Crippen molar-refractivity contribution in [2.45, 2.75) is 0 Å². The van der Waals surface area contributed by atoms with Gasteiger partial charge in [0.2, 0.25) is 0 Å². The van der Waals surface area contributed by atoms with E-state index in [0.29, 0.717) is 5.75 Å². The van der Waals surface area contributed by atoms with E-state index in [1.165, 1.54) is 18.2 Å². The van der Waals surface area contributed by atoms with Gasteiger partial charge in [-0.3, -0.25) is 14.9 Å². The van der Waals surface area contributed by atoms with E-state index >= 15 is 0 Å². The summed E-state index contributed by atoms with van der Waals surface area (Å²) in [4.78, 5) is 22.3. The van der Waals surface area contributed by atoms with Gasteiger partial charge < -0.3 is 10.1 Å². The highest BCUT2D eigenvalue weighted by molar-refractivity contribution is 9.10. The number of carbonyl (C=O) groups excluding carboxylic acids is 1. The fourth-order valence-corrected chi connectivity index (χ4v) is 2.41. The molecule has 0 bridgehead atoms. The number of benzene rings is 2. The average molecular weight is 424 g/mol. The van der Waals surface area contributed by atoms with Crippen LogP contribution in [-0.2, 0) is 0 Å². The van der Waals surface area contributed by atoms with Crippen LogP contribution in [0.25, 0.3) is 0 Å². The molecule has 0 aromatic heterocycles. The summed E-state index contributed by atoms with van der Waals surface area (Å²) in [6.45, 7) is 0.188. The Kier molecular flexibility index (Phi) is 6.81. The van der Waals surface area contributed by atoms with Crippen molar-refractivity contribution in [3.63, 3.8) is 0 Å². The van der Waals surface area contributed by atoms with Crippen LogP contribution in [0.2, 0.25) is 5.02 Å². The quantitative estimate of drug-likeness (QED) is 0.450. The normalized spacial score (nSPS) is 9.68. The second-order valence-corrected chi connectivity index (χ2v) is 6.05. The Balaban J connectivity index is 1.87. The summed E-state index contributed by atoms with van der Waals surface area (Å²) in [5, 5.41) is 13.7. The number of amides is 1. The summed E-state index contributed by atoms with van der Waals surface area (Å²) < 4.78 is 6.32. The number of ether oxygens (including phenoxy) is 1. The van der Waals surface area contributed by atoms with Crippen LogP contribution < -0.4 is 10.1 Å². The molecule has 2 rings (SSSR count). The molecule has 0 saturated carbocycles. The predicted octanol–water partition coefficient (Wildman–Crippen LogP) is 3.82. The second-order valence-electron chi connectivity index (χ2n) is 4.70. The molecule has 1 N–H and O–H groups in total. The maximum atomic E-state index is 12.0. The smallest absolute Gasteiger partial charge is 0.282 e. The largest absolute Gasteiger partial charge is 0.481 e. The fourth-order valence-electron chi connectivity index (χ4n) is 1.86. The number of nitrogens with one attached hydrogen (secondary N) is 1. The van der Waals surface area contributed by atoms with Gasteiger partial charge in [-0.25, -0.2) is 0 Å². The van der Waals surface area contributed by atoms with Crippen molar-refractivity contribution >= 4 is 39.1 Å².